The average Bonchev–Trinajstić information content (AvgIpc) is 2.74. The van der Waals surface area contributed by atoms with Gasteiger partial charge in [0, 0.05) is 13.0 Å². The molecule has 1 fully saturated rings. The summed E-state index contributed by atoms with van der Waals surface area (Å²) in [6.07, 6.45) is 7.01. The number of ketones is 1. The Balaban J connectivity index is 2.06. The SMILES string of the molecule is CCc1nn(C)c(CC(=O)C2CCCC(CC)C2)c1Cl. The van der Waals surface area contributed by atoms with Gasteiger partial charge < -0.3 is 0 Å². The normalized spacial score (nSPS) is 23.0. The number of aryl methyl sites for hydroxylation is 2. The highest BCUT2D eigenvalue weighted by Gasteiger charge is 2.27. The fourth-order valence-corrected chi connectivity index (χ4v) is 3.64. The summed E-state index contributed by atoms with van der Waals surface area (Å²) in [5, 5.41) is 5.08. The molecule has 1 heterocycles. The first-order valence-corrected chi connectivity index (χ1v) is 8.17. The second-order valence-corrected chi connectivity index (χ2v) is 6.34. The lowest BCUT2D eigenvalue weighted by Crippen LogP contribution is -2.24. The molecule has 1 saturated carbocycles. The number of nitrogens with zero attached hydrogens (tertiary/aromatic N) is 2. The Morgan fingerprint density at radius 1 is 1.40 bits per heavy atom. The summed E-state index contributed by atoms with van der Waals surface area (Å²) in [5.74, 6) is 1.30. The van der Waals surface area contributed by atoms with E-state index in [4.69, 9.17) is 11.6 Å². The van der Waals surface area contributed by atoms with Crippen molar-refractivity contribution in [2.75, 3.05) is 0 Å². The van der Waals surface area contributed by atoms with Crippen molar-refractivity contribution in [3.05, 3.63) is 16.4 Å². The summed E-state index contributed by atoms with van der Waals surface area (Å²) in [7, 11) is 1.88. The van der Waals surface area contributed by atoms with Crippen LogP contribution in [-0.2, 0) is 24.7 Å². The lowest BCUT2D eigenvalue weighted by atomic mass is 9.77. The van der Waals surface area contributed by atoms with Gasteiger partial charge in [0.1, 0.15) is 5.78 Å². The number of halogens is 1. The molecular formula is C16H25ClN2O. The van der Waals surface area contributed by atoms with Gasteiger partial charge >= 0.3 is 0 Å². The van der Waals surface area contributed by atoms with Crippen LogP contribution in [0.4, 0.5) is 0 Å². The standard InChI is InChI=1S/C16H25ClN2O/c1-4-11-7-6-8-12(9-11)15(20)10-14-16(17)13(5-2)18-19(14)3/h11-12H,4-10H2,1-3H3. The van der Waals surface area contributed by atoms with Gasteiger partial charge in [-0.15, -0.1) is 0 Å². The number of carbonyl (C=O) groups is 1. The van der Waals surface area contributed by atoms with Gasteiger partial charge in [0.15, 0.2) is 0 Å². The van der Waals surface area contributed by atoms with Crippen LogP contribution in [0, 0.1) is 11.8 Å². The zero-order chi connectivity index (χ0) is 14.7. The molecule has 0 radical (unpaired) electrons. The van der Waals surface area contributed by atoms with E-state index in [0.717, 1.165) is 36.6 Å². The predicted molar refractivity (Wildman–Crippen MR) is 82.0 cm³/mol. The Labute approximate surface area is 126 Å². The molecule has 2 atom stereocenters. The van der Waals surface area contributed by atoms with Crippen molar-refractivity contribution in [2.24, 2.45) is 18.9 Å². The highest BCUT2D eigenvalue weighted by atomic mass is 35.5. The molecule has 0 amide bonds. The fourth-order valence-electron chi connectivity index (χ4n) is 3.28. The Bertz CT molecular complexity index is 481. The van der Waals surface area contributed by atoms with Gasteiger partial charge in [-0.05, 0) is 25.2 Å². The minimum absolute atomic E-state index is 0.227. The Morgan fingerprint density at radius 3 is 2.75 bits per heavy atom. The van der Waals surface area contributed by atoms with Crippen LogP contribution in [0.1, 0.15) is 57.3 Å². The summed E-state index contributed by atoms with van der Waals surface area (Å²) in [4.78, 5) is 12.5. The van der Waals surface area contributed by atoms with Crippen molar-refractivity contribution in [1.29, 1.82) is 0 Å². The summed E-state index contributed by atoms with van der Waals surface area (Å²) >= 11 is 6.33. The maximum atomic E-state index is 12.5. The number of aromatic nitrogens is 2. The minimum atomic E-state index is 0.227. The third kappa shape index (κ3) is 3.25. The van der Waals surface area contributed by atoms with Gasteiger partial charge in [-0.2, -0.15) is 5.10 Å². The van der Waals surface area contributed by atoms with E-state index in [9.17, 15) is 4.79 Å². The molecule has 4 heteroatoms. The molecular weight excluding hydrogens is 272 g/mol. The second-order valence-electron chi connectivity index (χ2n) is 5.97. The van der Waals surface area contributed by atoms with Gasteiger partial charge in [-0.1, -0.05) is 44.7 Å². The van der Waals surface area contributed by atoms with Crippen LogP contribution in [-0.4, -0.2) is 15.6 Å². The zero-order valence-corrected chi connectivity index (χ0v) is 13.5. The molecule has 2 unspecified atom stereocenters. The first kappa shape index (κ1) is 15.6. The van der Waals surface area contributed by atoms with Crippen LogP contribution in [0.5, 0.6) is 0 Å². The van der Waals surface area contributed by atoms with Crippen molar-refractivity contribution in [3.8, 4) is 0 Å². The van der Waals surface area contributed by atoms with Gasteiger partial charge in [-0.3, -0.25) is 9.48 Å². The van der Waals surface area contributed by atoms with Crippen molar-refractivity contribution >= 4 is 17.4 Å². The predicted octanol–water partition coefficient (Wildman–Crippen LogP) is 3.96. The molecule has 1 aromatic rings. The maximum Gasteiger partial charge on any atom is 0.141 e. The fraction of sp³-hybridized carbons (Fsp3) is 0.750. The van der Waals surface area contributed by atoms with Crippen molar-refractivity contribution < 1.29 is 4.79 Å². The zero-order valence-electron chi connectivity index (χ0n) is 12.8. The third-order valence-corrected chi connectivity index (χ3v) is 5.10. The molecule has 0 saturated heterocycles. The topological polar surface area (TPSA) is 34.9 Å². The molecule has 0 N–H and O–H groups in total. The molecule has 112 valence electrons. The van der Waals surface area contributed by atoms with Crippen LogP contribution < -0.4 is 0 Å². The van der Waals surface area contributed by atoms with E-state index in [1.54, 1.807) is 4.68 Å². The lowest BCUT2D eigenvalue weighted by molar-refractivity contribution is -0.123. The Morgan fingerprint density at radius 2 is 2.15 bits per heavy atom. The molecule has 20 heavy (non-hydrogen) atoms. The third-order valence-electron chi connectivity index (χ3n) is 4.66. The van der Waals surface area contributed by atoms with Crippen LogP contribution in [0.25, 0.3) is 0 Å². The van der Waals surface area contributed by atoms with E-state index in [1.165, 1.54) is 19.3 Å². The molecule has 0 spiro atoms. The largest absolute Gasteiger partial charge is 0.299 e. The summed E-state index contributed by atoms with van der Waals surface area (Å²) < 4.78 is 1.78. The molecule has 0 bridgehead atoms. The lowest BCUT2D eigenvalue weighted by Gasteiger charge is -2.27. The summed E-state index contributed by atoms with van der Waals surface area (Å²) in [5.41, 5.74) is 1.78. The van der Waals surface area contributed by atoms with Gasteiger partial charge in [0.25, 0.3) is 0 Å². The molecule has 3 nitrogen and oxygen atoms in total. The molecule has 1 aromatic heterocycles. The number of carbonyl (C=O) groups excluding carboxylic acids is 1. The van der Waals surface area contributed by atoms with E-state index in [2.05, 4.69) is 12.0 Å². The van der Waals surface area contributed by atoms with E-state index in [1.807, 2.05) is 14.0 Å². The monoisotopic (exact) mass is 296 g/mol. The quantitative estimate of drug-likeness (QED) is 0.824. The molecule has 2 rings (SSSR count). The highest BCUT2D eigenvalue weighted by molar-refractivity contribution is 6.32. The highest BCUT2D eigenvalue weighted by Crippen LogP contribution is 2.32. The van der Waals surface area contributed by atoms with Crippen molar-refractivity contribution in [2.45, 2.75) is 58.8 Å². The van der Waals surface area contributed by atoms with E-state index >= 15 is 0 Å². The first-order chi connectivity index (χ1) is 9.56. The van der Waals surface area contributed by atoms with Gasteiger partial charge in [0.2, 0.25) is 0 Å². The Hall–Kier alpha value is -0.830. The minimum Gasteiger partial charge on any atom is -0.299 e. The molecule has 0 aromatic carbocycles. The second kappa shape index (κ2) is 6.75. The summed E-state index contributed by atoms with van der Waals surface area (Å²) in [6.45, 7) is 4.26. The summed E-state index contributed by atoms with van der Waals surface area (Å²) in [6, 6.07) is 0. The number of rotatable bonds is 5. The van der Waals surface area contributed by atoms with E-state index < -0.39 is 0 Å². The van der Waals surface area contributed by atoms with E-state index in [0.29, 0.717) is 17.2 Å². The number of Topliss-reactive ketones (excluding diaryl/α,β-unsaturated/α-hetero) is 1. The molecule has 1 aliphatic rings. The van der Waals surface area contributed by atoms with Crippen LogP contribution in [0.15, 0.2) is 0 Å². The van der Waals surface area contributed by atoms with Crippen LogP contribution in [0.2, 0.25) is 5.02 Å². The smallest absolute Gasteiger partial charge is 0.141 e. The number of hydrogen-bond acceptors (Lipinski definition) is 2. The average molecular weight is 297 g/mol. The Kier molecular flexibility index (Phi) is 5.25. The maximum absolute atomic E-state index is 12.5. The van der Waals surface area contributed by atoms with Crippen LogP contribution in [0.3, 0.4) is 0 Å². The van der Waals surface area contributed by atoms with E-state index in [-0.39, 0.29) is 5.92 Å². The van der Waals surface area contributed by atoms with Gasteiger partial charge in [0.05, 0.1) is 22.8 Å². The van der Waals surface area contributed by atoms with Crippen molar-refractivity contribution in [1.82, 2.24) is 9.78 Å². The van der Waals surface area contributed by atoms with Crippen LogP contribution >= 0.6 is 11.6 Å². The first-order valence-electron chi connectivity index (χ1n) is 7.79. The molecule has 1 aliphatic carbocycles. The van der Waals surface area contributed by atoms with Gasteiger partial charge in [-0.25, -0.2) is 0 Å². The van der Waals surface area contributed by atoms with Crippen molar-refractivity contribution in [3.63, 3.8) is 0 Å². The molecule has 0 aliphatic heterocycles. The number of hydrogen-bond donors (Lipinski definition) is 0.